The number of aryl methyl sites for hydroxylation is 1. The first-order valence-electron chi connectivity index (χ1n) is 9.22. The number of anilines is 1. The molecule has 1 fully saturated rings. The second kappa shape index (κ2) is 6.25. The molecular weight excluding hydrogens is 315 g/mol. The molecule has 6 heteroatoms. The molecule has 2 aliphatic heterocycles. The van der Waals surface area contributed by atoms with Crippen LogP contribution in [0.25, 0.3) is 0 Å². The highest BCUT2D eigenvalue weighted by molar-refractivity contribution is 6.62. The minimum Gasteiger partial charge on any atom is -0.399 e. The van der Waals surface area contributed by atoms with E-state index in [1.807, 2.05) is 6.20 Å². The zero-order valence-corrected chi connectivity index (χ0v) is 16.7. The third-order valence-corrected chi connectivity index (χ3v) is 5.32. The van der Waals surface area contributed by atoms with Gasteiger partial charge in [-0.15, -0.1) is 0 Å². The molecule has 0 atom stereocenters. The first-order chi connectivity index (χ1) is 11.5. The van der Waals surface area contributed by atoms with Crippen LogP contribution in [0.15, 0.2) is 12.3 Å². The number of nitrogens with zero attached hydrogens (tertiary/aromatic N) is 2. The van der Waals surface area contributed by atoms with Gasteiger partial charge in [0.05, 0.1) is 16.8 Å². The van der Waals surface area contributed by atoms with Gasteiger partial charge < -0.3 is 18.9 Å². The van der Waals surface area contributed by atoms with Crippen LogP contribution in [0.3, 0.4) is 0 Å². The molecule has 3 heterocycles. The normalized spacial score (nSPS) is 22.2. The summed E-state index contributed by atoms with van der Waals surface area (Å²) in [6, 6.07) is 2.19. The standard InChI is InChI=1S/C19H31BN2O3/c1-17(2,3)23-13-22-10-8-9-14-11-15(12-21-16(14)22)20-24-18(4,5)19(6,7)25-20/h11-12H,8-10,13H2,1-7H3. The van der Waals surface area contributed by atoms with Crippen LogP contribution in [-0.2, 0) is 20.5 Å². The van der Waals surface area contributed by atoms with E-state index in [4.69, 9.17) is 19.0 Å². The molecule has 0 aliphatic carbocycles. The zero-order chi connectivity index (χ0) is 18.5. The third-order valence-electron chi connectivity index (χ3n) is 5.32. The van der Waals surface area contributed by atoms with Gasteiger partial charge in [0.25, 0.3) is 0 Å². The molecule has 25 heavy (non-hydrogen) atoms. The number of aromatic nitrogens is 1. The SMILES string of the molecule is CC(C)(C)OCN1CCCc2cc(B3OC(C)(C)C(C)(C)O3)cnc21. The molecule has 0 amide bonds. The molecule has 0 saturated carbocycles. The van der Waals surface area contributed by atoms with E-state index in [9.17, 15) is 0 Å². The van der Waals surface area contributed by atoms with Gasteiger partial charge in [0.1, 0.15) is 12.5 Å². The molecule has 0 bridgehead atoms. The fourth-order valence-corrected chi connectivity index (χ4v) is 3.06. The summed E-state index contributed by atoms with van der Waals surface area (Å²) in [7, 11) is -0.357. The molecule has 138 valence electrons. The van der Waals surface area contributed by atoms with Gasteiger partial charge in [0.15, 0.2) is 0 Å². The number of fused-ring (bicyclic) bond motifs is 1. The van der Waals surface area contributed by atoms with Crippen LogP contribution in [0.2, 0.25) is 0 Å². The quantitative estimate of drug-likeness (QED) is 0.788. The highest BCUT2D eigenvalue weighted by Gasteiger charge is 2.52. The summed E-state index contributed by atoms with van der Waals surface area (Å²) < 4.78 is 18.3. The molecule has 0 spiro atoms. The van der Waals surface area contributed by atoms with Gasteiger partial charge in [0.2, 0.25) is 0 Å². The highest BCUT2D eigenvalue weighted by Crippen LogP contribution is 2.36. The van der Waals surface area contributed by atoms with E-state index < -0.39 is 0 Å². The minimum atomic E-state index is -0.357. The molecule has 0 N–H and O–H groups in total. The Morgan fingerprint density at radius 3 is 2.44 bits per heavy atom. The Kier molecular flexibility index (Phi) is 4.67. The number of pyridine rings is 1. The second-order valence-corrected chi connectivity index (χ2v) is 9.09. The van der Waals surface area contributed by atoms with Gasteiger partial charge in [-0.3, -0.25) is 0 Å². The monoisotopic (exact) mass is 346 g/mol. The molecule has 1 aromatic rings. The van der Waals surface area contributed by atoms with E-state index in [1.165, 1.54) is 5.56 Å². The van der Waals surface area contributed by atoms with Gasteiger partial charge >= 0.3 is 7.12 Å². The Morgan fingerprint density at radius 1 is 1.20 bits per heavy atom. The fourth-order valence-electron chi connectivity index (χ4n) is 3.06. The van der Waals surface area contributed by atoms with E-state index in [0.717, 1.165) is 30.7 Å². The first-order valence-corrected chi connectivity index (χ1v) is 9.22. The lowest BCUT2D eigenvalue weighted by Crippen LogP contribution is -2.41. The summed E-state index contributed by atoms with van der Waals surface area (Å²) in [4.78, 5) is 6.95. The molecule has 5 nitrogen and oxygen atoms in total. The molecule has 1 saturated heterocycles. The van der Waals surface area contributed by atoms with Crippen molar-refractivity contribution in [3.63, 3.8) is 0 Å². The smallest absolute Gasteiger partial charge is 0.399 e. The molecule has 3 rings (SSSR count). The van der Waals surface area contributed by atoms with Crippen molar-refractivity contribution in [3.05, 3.63) is 17.8 Å². The maximum absolute atomic E-state index is 6.16. The van der Waals surface area contributed by atoms with Crippen molar-refractivity contribution in [3.8, 4) is 0 Å². The van der Waals surface area contributed by atoms with E-state index >= 15 is 0 Å². The van der Waals surface area contributed by atoms with Gasteiger partial charge in [0, 0.05) is 18.2 Å². The van der Waals surface area contributed by atoms with Crippen LogP contribution in [0.4, 0.5) is 5.82 Å². The number of rotatable bonds is 3. The summed E-state index contributed by atoms with van der Waals surface area (Å²) in [5, 5.41) is 0. The second-order valence-electron chi connectivity index (χ2n) is 9.09. The summed E-state index contributed by atoms with van der Waals surface area (Å²) in [5.41, 5.74) is 1.42. The lowest BCUT2D eigenvalue weighted by molar-refractivity contribution is -0.00296. The maximum Gasteiger partial charge on any atom is 0.496 e. The largest absolute Gasteiger partial charge is 0.496 e. The van der Waals surface area contributed by atoms with Gasteiger partial charge in [-0.25, -0.2) is 4.98 Å². The fraction of sp³-hybridized carbons (Fsp3) is 0.737. The van der Waals surface area contributed by atoms with E-state index in [0.29, 0.717) is 6.73 Å². The average molecular weight is 346 g/mol. The third kappa shape index (κ3) is 3.86. The highest BCUT2D eigenvalue weighted by atomic mass is 16.7. The van der Waals surface area contributed by atoms with Crippen molar-refractivity contribution in [1.82, 2.24) is 4.98 Å². The van der Waals surface area contributed by atoms with Gasteiger partial charge in [-0.05, 0) is 66.9 Å². The van der Waals surface area contributed by atoms with Crippen LogP contribution in [-0.4, -0.2) is 42.2 Å². The summed E-state index contributed by atoms with van der Waals surface area (Å²) in [6.07, 6.45) is 4.02. The van der Waals surface area contributed by atoms with E-state index in [1.54, 1.807) is 0 Å². The zero-order valence-electron chi connectivity index (χ0n) is 16.7. The molecule has 1 aromatic heterocycles. The summed E-state index contributed by atoms with van der Waals surface area (Å²) in [6.45, 7) is 16.1. The minimum absolute atomic E-state index is 0.153. The molecule has 2 aliphatic rings. The lowest BCUT2D eigenvalue weighted by atomic mass is 9.79. The number of ether oxygens (including phenoxy) is 1. The van der Waals surface area contributed by atoms with E-state index in [2.05, 4.69) is 59.4 Å². The molecule has 0 radical (unpaired) electrons. The van der Waals surface area contributed by atoms with Crippen LogP contribution in [0.1, 0.15) is 60.5 Å². The van der Waals surface area contributed by atoms with E-state index in [-0.39, 0.29) is 23.9 Å². The topological polar surface area (TPSA) is 43.8 Å². The van der Waals surface area contributed by atoms with Gasteiger partial charge in [-0.2, -0.15) is 0 Å². The maximum atomic E-state index is 6.16. The van der Waals surface area contributed by atoms with Crippen molar-refractivity contribution >= 4 is 18.4 Å². The number of hydrogen-bond donors (Lipinski definition) is 0. The molecular formula is C19H31BN2O3. The Labute approximate surface area is 152 Å². The van der Waals surface area contributed by atoms with Crippen LogP contribution in [0.5, 0.6) is 0 Å². The average Bonchev–Trinajstić information content (AvgIpc) is 2.72. The van der Waals surface area contributed by atoms with Crippen molar-refractivity contribution < 1.29 is 14.0 Å². The molecule has 0 unspecified atom stereocenters. The Bertz CT molecular complexity index is 624. The molecule has 0 aromatic carbocycles. The Hall–Kier alpha value is -1.11. The van der Waals surface area contributed by atoms with Crippen LogP contribution < -0.4 is 10.4 Å². The summed E-state index contributed by atoms with van der Waals surface area (Å²) in [5.74, 6) is 1.02. The predicted octanol–water partition coefficient (Wildman–Crippen LogP) is 2.91. The summed E-state index contributed by atoms with van der Waals surface area (Å²) >= 11 is 0. The first kappa shape index (κ1) is 18.7. The van der Waals surface area contributed by atoms with Crippen LogP contribution >= 0.6 is 0 Å². The van der Waals surface area contributed by atoms with Crippen LogP contribution in [0, 0.1) is 0 Å². The Balaban J connectivity index is 1.79. The lowest BCUT2D eigenvalue weighted by Gasteiger charge is -2.32. The Morgan fingerprint density at radius 2 is 1.84 bits per heavy atom. The van der Waals surface area contributed by atoms with Crippen molar-refractivity contribution in [1.29, 1.82) is 0 Å². The van der Waals surface area contributed by atoms with Crippen molar-refractivity contribution in [2.75, 3.05) is 18.2 Å². The number of hydrogen-bond acceptors (Lipinski definition) is 5. The van der Waals surface area contributed by atoms with Gasteiger partial charge in [-0.1, -0.05) is 6.07 Å². The van der Waals surface area contributed by atoms with Crippen molar-refractivity contribution in [2.24, 2.45) is 0 Å². The van der Waals surface area contributed by atoms with Crippen molar-refractivity contribution in [2.45, 2.75) is 78.1 Å². The predicted molar refractivity (Wildman–Crippen MR) is 101 cm³/mol.